The highest BCUT2D eigenvalue weighted by Crippen LogP contribution is 2.21. The number of hydrogen-bond acceptors (Lipinski definition) is 4. The summed E-state index contributed by atoms with van der Waals surface area (Å²) in [6.07, 6.45) is 1.66. The maximum atomic E-state index is 11.3. The van der Waals surface area contributed by atoms with Crippen molar-refractivity contribution >= 4 is 16.1 Å². The molecule has 0 bridgehead atoms. The molecule has 0 aliphatic carbocycles. The molecule has 106 valence electrons. The highest BCUT2D eigenvalue weighted by atomic mass is 32.2. The first kappa shape index (κ1) is 17.1. The highest BCUT2D eigenvalue weighted by molar-refractivity contribution is 7.86. The summed E-state index contributed by atoms with van der Waals surface area (Å²) < 4.78 is 31.8. The number of nitrogens with zero attached hydrogens (tertiary/aromatic N) is 1. The van der Waals surface area contributed by atoms with Crippen LogP contribution in [-0.4, -0.2) is 48.9 Å². The fourth-order valence-electron chi connectivity index (χ4n) is 1.91. The molecule has 0 aliphatic rings. The highest BCUT2D eigenvalue weighted by Gasteiger charge is 2.40. The van der Waals surface area contributed by atoms with Gasteiger partial charge < -0.3 is 14.4 Å². The number of quaternary nitrogens is 1. The van der Waals surface area contributed by atoms with E-state index in [1.54, 1.807) is 27.9 Å². The summed E-state index contributed by atoms with van der Waals surface area (Å²) in [7, 11) is -0.933. The van der Waals surface area contributed by atoms with Gasteiger partial charge in [0.25, 0.3) is 0 Å². The van der Waals surface area contributed by atoms with Gasteiger partial charge in [0.1, 0.15) is 6.04 Å². The zero-order valence-electron chi connectivity index (χ0n) is 11.4. The second kappa shape index (κ2) is 5.81. The summed E-state index contributed by atoms with van der Waals surface area (Å²) in [6.45, 7) is 4.74. The van der Waals surface area contributed by atoms with Crippen molar-refractivity contribution in [3.63, 3.8) is 0 Å². The normalized spacial score (nSPS) is 17.3. The van der Waals surface area contributed by atoms with Gasteiger partial charge in [-0.25, -0.2) is 0 Å². The van der Waals surface area contributed by atoms with Crippen molar-refractivity contribution in [3.8, 4) is 0 Å². The van der Waals surface area contributed by atoms with Crippen LogP contribution in [-0.2, 0) is 14.9 Å². The molecular weight excluding hydrogens is 258 g/mol. The molecule has 0 fully saturated rings. The van der Waals surface area contributed by atoms with Crippen molar-refractivity contribution in [1.29, 1.82) is 0 Å². The van der Waals surface area contributed by atoms with Crippen molar-refractivity contribution < 1.29 is 27.4 Å². The number of rotatable bonds is 6. The van der Waals surface area contributed by atoms with Crippen molar-refractivity contribution in [3.05, 3.63) is 11.6 Å². The molecular formula is C11H21NO5S. The molecule has 2 unspecified atom stereocenters. The van der Waals surface area contributed by atoms with Crippen LogP contribution in [0.25, 0.3) is 0 Å². The minimum Gasteiger partial charge on any atom is -0.545 e. The lowest BCUT2D eigenvalue weighted by atomic mass is 10.1. The summed E-state index contributed by atoms with van der Waals surface area (Å²) >= 11 is 0. The topological polar surface area (TPSA) is 94.5 Å². The molecule has 0 amide bonds. The molecule has 0 radical (unpaired) electrons. The largest absolute Gasteiger partial charge is 0.545 e. The van der Waals surface area contributed by atoms with Gasteiger partial charge in [-0.2, -0.15) is 8.42 Å². The Morgan fingerprint density at radius 2 is 1.89 bits per heavy atom. The van der Waals surface area contributed by atoms with Gasteiger partial charge >= 0.3 is 10.1 Å². The van der Waals surface area contributed by atoms with Gasteiger partial charge in [0.05, 0.1) is 20.1 Å². The van der Waals surface area contributed by atoms with Crippen molar-refractivity contribution in [2.75, 3.05) is 14.1 Å². The minimum absolute atomic E-state index is 0.0406. The third-order valence-corrected chi connectivity index (χ3v) is 4.86. The van der Waals surface area contributed by atoms with E-state index >= 15 is 0 Å². The molecule has 0 saturated carbocycles. The molecule has 18 heavy (non-hydrogen) atoms. The fraction of sp³-hybridized carbons (Fsp3) is 0.727. The van der Waals surface area contributed by atoms with Gasteiger partial charge in [-0.15, -0.1) is 0 Å². The number of aliphatic carboxylic acids is 1. The van der Waals surface area contributed by atoms with E-state index < -0.39 is 27.5 Å². The Balaban J connectivity index is 5.37. The predicted molar refractivity (Wildman–Crippen MR) is 66.0 cm³/mol. The van der Waals surface area contributed by atoms with Gasteiger partial charge in [0.2, 0.25) is 5.37 Å². The average molecular weight is 279 g/mol. The van der Waals surface area contributed by atoms with E-state index in [0.29, 0.717) is 0 Å². The Hall–Kier alpha value is -0.920. The first-order chi connectivity index (χ1) is 7.94. The van der Waals surface area contributed by atoms with Crippen LogP contribution < -0.4 is 5.11 Å². The average Bonchev–Trinajstić information content (AvgIpc) is 2.15. The van der Waals surface area contributed by atoms with E-state index in [4.69, 9.17) is 0 Å². The van der Waals surface area contributed by atoms with E-state index in [1.165, 1.54) is 13.0 Å². The number of hydrogen-bond donors (Lipinski definition) is 1. The van der Waals surface area contributed by atoms with Crippen LogP contribution in [0, 0.1) is 0 Å². The van der Waals surface area contributed by atoms with E-state index in [9.17, 15) is 22.9 Å². The zero-order chi connectivity index (χ0) is 14.7. The van der Waals surface area contributed by atoms with Gasteiger partial charge in [-0.05, 0) is 25.5 Å². The Bertz CT molecular complexity index is 438. The molecule has 0 aromatic carbocycles. The van der Waals surface area contributed by atoms with Crippen LogP contribution in [0.1, 0.15) is 27.2 Å². The van der Waals surface area contributed by atoms with E-state index in [0.717, 1.165) is 0 Å². The molecule has 0 rings (SSSR count). The Morgan fingerprint density at radius 3 is 2.17 bits per heavy atom. The van der Waals surface area contributed by atoms with Crippen LogP contribution in [0.2, 0.25) is 0 Å². The number of carboxylic acid groups (broad SMARTS) is 1. The standard InChI is InChI=1S/C11H21NO5S/c1-6-10(18(15,16)17)12(4,5)9(3)7-8(2)11(13)14/h7,9-10H,6H2,1-5H3,(H-,13,14,15,16,17)/b8-7+. The molecule has 0 aromatic rings. The predicted octanol–water partition coefficient (Wildman–Crippen LogP) is -0.229. The SMILES string of the molecule is CCC([N+](C)(C)C(C)/C=C(\C)C(=O)[O-])S(=O)(=O)O. The first-order valence-electron chi connectivity index (χ1n) is 5.64. The summed E-state index contributed by atoms with van der Waals surface area (Å²) in [5.74, 6) is -1.29. The minimum atomic E-state index is -4.19. The van der Waals surface area contributed by atoms with Crippen molar-refractivity contribution in [1.82, 2.24) is 0 Å². The van der Waals surface area contributed by atoms with Gasteiger partial charge in [0.15, 0.2) is 0 Å². The molecule has 0 saturated heterocycles. The van der Waals surface area contributed by atoms with Gasteiger partial charge in [-0.3, -0.25) is 4.55 Å². The van der Waals surface area contributed by atoms with Gasteiger partial charge in [-0.1, -0.05) is 6.92 Å². The van der Waals surface area contributed by atoms with E-state index in [1.807, 2.05) is 0 Å². The molecule has 2 atom stereocenters. The maximum Gasteiger partial charge on any atom is 0.319 e. The molecule has 0 aliphatic heterocycles. The van der Waals surface area contributed by atoms with Crippen LogP contribution >= 0.6 is 0 Å². The molecule has 0 spiro atoms. The molecule has 0 aromatic heterocycles. The first-order valence-corrected chi connectivity index (χ1v) is 7.14. The smallest absolute Gasteiger partial charge is 0.319 e. The lowest BCUT2D eigenvalue weighted by Gasteiger charge is -2.39. The number of carboxylic acids is 1. The number of carbonyl (C=O) groups excluding carboxylic acids is 1. The van der Waals surface area contributed by atoms with Crippen LogP contribution in [0.5, 0.6) is 0 Å². The molecule has 0 heterocycles. The Labute approximate surface area is 108 Å². The van der Waals surface area contributed by atoms with Crippen molar-refractivity contribution in [2.45, 2.75) is 38.6 Å². The lowest BCUT2D eigenvalue weighted by Crippen LogP contribution is -2.57. The quantitative estimate of drug-likeness (QED) is 0.412. The lowest BCUT2D eigenvalue weighted by molar-refractivity contribution is -0.917. The number of carbonyl (C=O) groups is 1. The second-order valence-electron chi connectivity index (χ2n) is 4.88. The zero-order valence-corrected chi connectivity index (χ0v) is 12.2. The van der Waals surface area contributed by atoms with Crippen molar-refractivity contribution in [2.24, 2.45) is 0 Å². The van der Waals surface area contributed by atoms with Gasteiger partial charge in [0, 0.05) is 6.42 Å². The summed E-state index contributed by atoms with van der Waals surface area (Å²) in [6, 6.07) is -0.394. The number of likely N-dealkylation sites (N-methyl/N-ethyl adjacent to an activating group) is 1. The molecule has 1 N–H and O–H groups in total. The van der Waals surface area contributed by atoms with E-state index in [-0.39, 0.29) is 16.5 Å². The van der Waals surface area contributed by atoms with E-state index in [2.05, 4.69) is 0 Å². The third-order valence-electron chi connectivity index (χ3n) is 3.30. The Morgan fingerprint density at radius 1 is 1.44 bits per heavy atom. The molecule has 6 nitrogen and oxygen atoms in total. The van der Waals surface area contributed by atoms with Crippen LogP contribution in [0.15, 0.2) is 11.6 Å². The second-order valence-corrected chi connectivity index (χ2v) is 6.46. The van der Waals surface area contributed by atoms with Crippen LogP contribution in [0.3, 0.4) is 0 Å². The summed E-state index contributed by atoms with van der Waals surface area (Å²) in [4.78, 5) is 10.6. The van der Waals surface area contributed by atoms with Crippen LogP contribution in [0.4, 0.5) is 0 Å². The molecule has 7 heteroatoms. The monoisotopic (exact) mass is 279 g/mol. The fourth-order valence-corrected chi connectivity index (χ4v) is 3.21. The maximum absolute atomic E-state index is 11.3. The summed E-state index contributed by atoms with van der Waals surface area (Å²) in [5.41, 5.74) is 0.0406. The summed E-state index contributed by atoms with van der Waals surface area (Å²) in [5, 5.41) is 9.64. The third kappa shape index (κ3) is 4.08. The Kier molecular flexibility index (Phi) is 5.52.